The van der Waals surface area contributed by atoms with Crippen LogP contribution < -0.4 is 0 Å². The predicted molar refractivity (Wildman–Crippen MR) is 172 cm³/mol. The number of aliphatic hydroxyl groups excluding tert-OH is 4. The number of carbonyl (C=O) groups excluding carboxylic acids is 1. The highest BCUT2D eigenvalue weighted by Gasteiger charge is 2.12. The lowest BCUT2D eigenvalue weighted by molar-refractivity contribution is -0.147. The third-order valence-electron chi connectivity index (χ3n) is 7.55. The molecule has 0 bridgehead atoms. The lowest BCUT2D eigenvalue weighted by Gasteiger charge is -2.09. The van der Waals surface area contributed by atoms with Crippen molar-refractivity contribution < 1.29 is 39.9 Å². The second kappa shape index (κ2) is 30.0. The molecular formula is C35H62O8. The highest BCUT2D eigenvalue weighted by atomic mass is 16.5. The van der Waals surface area contributed by atoms with Crippen LogP contribution in [0, 0.1) is 0 Å². The van der Waals surface area contributed by atoms with Gasteiger partial charge in [0.15, 0.2) is 0 Å². The van der Waals surface area contributed by atoms with Gasteiger partial charge in [-0.1, -0.05) is 141 Å². The molecule has 1 aromatic rings. The Bertz CT molecular complexity index is 785. The number of esters is 1. The number of ether oxygens (including phenoxy) is 1. The molecule has 8 nitrogen and oxygen atoms in total. The molecule has 0 heterocycles. The summed E-state index contributed by atoms with van der Waals surface area (Å²) in [5.41, 5.74) is 0.696. The number of hydrogen-bond acceptors (Lipinski definition) is 7. The molecule has 0 aliphatic rings. The molecule has 5 N–H and O–H groups in total. The number of carboxylic acid groups (broad SMARTS) is 1. The molecule has 0 radical (unpaired) electrons. The van der Waals surface area contributed by atoms with E-state index in [-0.39, 0.29) is 37.8 Å². The van der Waals surface area contributed by atoms with Crippen molar-refractivity contribution in [3.63, 3.8) is 0 Å². The van der Waals surface area contributed by atoms with Crippen LogP contribution in [0.4, 0.5) is 0 Å². The third kappa shape index (κ3) is 26.1. The van der Waals surface area contributed by atoms with Gasteiger partial charge in [-0.15, -0.1) is 0 Å². The molecule has 0 spiro atoms. The lowest BCUT2D eigenvalue weighted by atomic mass is 10.0. The van der Waals surface area contributed by atoms with Crippen LogP contribution in [-0.2, 0) is 16.0 Å². The number of hydrogen-bond donors (Lipinski definition) is 5. The zero-order chi connectivity index (χ0) is 32.0. The molecule has 0 aliphatic carbocycles. The number of carboxylic acids is 1. The maximum atomic E-state index is 11.4. The van der Waals surface area contributed by atoms with Crippen molar-refractivity contribution in [3.05, 3.63) is 35.4 Å². The van der Waals surface area contributed by atoms with E-state index in [1.807, 2.05) is 0 Å². The van der Waals surface area contributed by atoms with E-state index in [1.54, 1.807) is 18.2 Å². The second-order valence-electron chi connectivity index (χ2n) is 11.6. The van der Waals surface area contributed by atoms with Gasteiger partial charge < -0.3 is 30.3 Å². The second-order valence-corrected chi connectivity index (χ2v) is 11.6. The normalized spacial score (nSPS) is 12.3. The molecule has 0 fully saturated rings. The van der Waals surface area contributed by atoms with Crippen molar-refractivity contribution in [2.45, 2.75) is 154 Å². The summed E-state index contributed by atoms with van der Waals surface area (Å²) in [5.74, 6) is -1.30. The molecule has 0 saturated carbocycles. The number of aliphatic hydroxyl groups is 4. The van der Waals surface area contributed by atoms with Crippen molar-refractivity contribution in [3.8, 4) is 0 Å². The zero-order valence-corrected chi connectivity index (χ0v) is 26.9. The largest absolute Gasteiger partial charge is 0.478 e. The Morgan fingerprint density at radius 1 is 0.651 bits per heavy atom. The Balaban J connectivity index is 0.00000104. The third-order valence-corrected chi connectivity index (χ3v) is 7.55. The molecule has 0 amide bonds. The zero-order valence-electron chi connectivity index (χ0n) is 26.9. The van der Waals surface area contributed by atoms with E-state index >= 15 is 0 Å². The highest BCUT2D eigenvalue weighted by molar-refractivity contribution is 5.89. The maximum Gasteiger partial charge on any atom is 0.335 e. The molecule has 250 valence electrons. The fourth-order valence-electron chi connectivity index (χ4n) is 4.89. The molecule has 2 atom stereocenters. The van der Waals surface area contributed by atoms with E-state index < -0.39 is 18.2 Å². The molecule has 43 heavy (non-hydrogen) atoms. The summed E-state index contributed by atoms with van der Waals surface area (Å²) in [6, 6.07) is 6.42. The lowest BCUT2D eigenvalue weighted by Crippen LogP contribution is -2.21. The average Bonchev–Trinajstić information content (AvgIpc) is 3.01. The van der Waals surface area contributed by atoms with Gasteiger partial charge in [-0.3, -0.25) is 4.79 Å². The topological polar surface area (TPSA) is 145 Å². The van der Waals surface area contributed by atoms with Crippen molar-refractivity contribution in [1.82, 2.24) is 0 Å². The smallest absolute Gasteiger partial charge is 0.335 e. The van der Waals surface area contributed by atoms with E-state index in [1.165, 1.54) is 115 Å². The van der Waals surface area contributed by atoms with Crippen molar-refractivity contribution >= 4 is 11.9 Å². The summed E-state index contributed by atoms with van der Waals surface area (Å²) in [6.07, 6.45) is 24.1. The summed E-state index contributed by atoms with van der Waals surface area (Å²) in [5, 5.41) is 44.4. The SMILES string of the molecule is CCCCCCCCCCCCCCCCCCCCCC(=O)OCC(O)CO.O=C(O)c1ccccc1CC(O)CO. The van der Waals surface area contributed by atoms with E-state index in [9.17, 15) is 14.7 Å². The van der Waals surface area contributed by atoms with Crippen molar-refractivity contribution in [2.24, 2.45) is 0 Å². The average molecular weight is 611 g/mol. The Morgan fingerprint density at radius 2 is 1.07 bits per heavy atom. The Morgan fingerprint density at radius 3 is 1.49 bits per heavy atom. The van der Waals surface area contributed by atoms with Crippen LogP contribution in [0.25, 0.3) is 0 Å². The molecular weight excluding hydrogens is 548 g/mol. The van der Waals surface area contributed by atoms with Crippen LogP contribution in [0.15, 0.2) is 24.3 Å². The van der Waals surface area contributed by atoms with Crippen LogP contribution in [0.2, 0.25) is 0 Å². The molecule has 0 aromatic heterocycles. The predicted octanol–water partition coefficient (Wildman–Crippen LogP) is 6.99. The fourth-order valence-corrected chi connectivity index (χ4v) is 4.89. The van der Waals surface area contributed by atoms with E-state index in [0.29, 0.717) is 12.0 Å². The van der Waals surface area contributed by atoms with Gasteiger partial charge in [-0.2, -0.15) is 0 Å². The van der Waals surface area contributed by atoms with Crippen LogP contribution in [0.1, 0.15) is 151 Å². The van der Waals surface area contributed by atoms with Crippen molar-refractivity contribution in [2.75, 3.05) is 19.8 Å². The highest BCUT2D eigenvalue weighted by Crippen LogP contribution is 2.15. The van der Waals surface area contributed by atoms with Crippen LogP contribution >= 0.6 is 0 Å². The minimum atomic E-state index is -1.02. The Kier molecular flexibility index (Phi) is 28.6. The molecule has 8 heteroatoms. The summed E-state index contributed by atoms with van der Waals surface area (Å²) < 4.78 is 4.88. The van der Waals surface area contributed by atoms with Crippen molar-refractivity contribution in [1.29, 1.82) is 0 Å². The first kappa shape index (κ1) is 41.0. The molecule has 1 aromatic carbocycles. The number of rotatable bonds is 27. The van der Waals surface area contributed by atoms with E-state index in [2.05, 4.69) is 6.92 Å². The molecule has 0 saturated heterocycles. The monoisotopic (exact) mass is 610 g/mol. The summed E-state index contributed by atoms with van der Waals surface area (Å²) in [4.78, 5) is 22.2. The van der Waals surface area contributed by atoms with Crippen LogP contribution in [0.5, 0.6) is 0 Å². The summed E-state index contributed by atoms with van der Waals surface area (Å²) >= 11 is 0. The fraction of sp³-hybridized carbons (Fsp3) is 0.771. The van der Waals surface area contributed by atoms with Gasteiger partial charge in [-0.25, -0.2) is 4.79 Å². The first-order valence-corrected chi connectivity index (χ1v) is 16.9. The number of unbranched alkanes of at least 4 members (excludes halogenated alkanes) is 18. The summed E-state index contributed by atoms with van der Waals surface area (Å²) in [7, 11) is 0. The minimum absolute atomic E-state index is 0.103. The van der Waals surface area contributed by atoms with E-state index in [4.69, 9.17) is 25.2 Å². The molecule has 2 unspecified atom stereocenters. The number of aromatic carboxylic acids is 1. The minimum Gasteiger partial charge on any atom is -0.478 e. The van der Waals surface area contributed by atoms with Gasteiger partial charge in [-0.05, 0) is 18.1 Å². The Labute approximate surface area is 260 Å². The standard InChI is InChI=1S/C25H50O4.C10H12O4/c1-2-3-4-5-6-7-8-9-10-11-12-13-14-15-16-17-18-19-20-21-25(28)29-23-24(27)22-26;11-6-8(12)5-7-3-1-2-4-9(7)10(13)14/h24,26-27H,2-23H2,1H3;1-4,8,11-12H,5-6H2,(H,13,14). The first-order chi connectivity index (χ1) is 20.8. The van der Waals surface area contributed by atoms with Gasteiger partial charge in [0, 0.05) is 12.8 Å². The number of benzene rings is 1. The number of carbonyl (C=O) groups is 2. The maximum absolute atomic E-state index is 11.4. The summed E-state index contributed by atoms with van der Waals surface area (Å²) in [6.45, 7) is 1.44. The van der Waals surface area contributed by atoms with Gasteiger partial charge in [0.2, 0.25) is 0 Å². The Hall–Kier alpha value is -2.00. The quantitative estimate of drug-likeness (QED) is 0.0530. The van der Waals surface area contributed by atoms with Gasteiger partial charge >= 0.3 is 11.9 Å². The molecule has 1 rings (SSSR count). The van der Waals surface area contributed by atoms with Gasteiger partial charge in [0.1, 0.15) is 12.7 Å². The first-order valence-electron chi connectivity index (χ1n) is 16.9. The molecule has 0 aliphatic heterocycles. The van der Waals surface area contributed by atoms with Crippen LogP contribution in [-0.4, -0.2) is 69.5 Å². The van der Waals surface area contributed by atoms with E-state index in [0.717, 1.165) is 12.8 Å². The van der Waals surface area contributed by atoms with Gasteiger partial charge in [0.25, 0.3) is 0 Å². The van der Waals surface area contributed by atoms with Gasteiger partial charge in [0.05, 0.1) is 24.9 Å². The van der Waals surface area contributed by atoms with Crippen LogP contribution in [0.3, 0.4) is 0 Å².